The second kappa shape index (κ2) is 7.69. The highest BCUT2D eigenvalue weighted by Crippen LogP contribution is 2.25. The molecule has 0 aliphatic carbocycles. The third-order valence-corrected chi connectivity index (χ3v) is 5.29. The number of hydrogen-bond donors (Lipinski definition) is 3. The number of fused-ring (bicyclic) bond motifs is 1. The van der Waals surface area contributed by atoms with Crippen LogP contribution in [0.5, 0.6) is 0 Å². The molecule has 0 saturated carbocycles. The molecular formula is C20H17N7OS. The molecule has 2 aromatic heterocycles. The number of aliphatic hydroxyl groups excluding tert-OH is 1. The predicted molar refractivity (Wildman–Crippen MR) is 112 cm³/mol. The van der Waals surface area contributed by atoms with E-state index in [2.05, 4.69) is 20.2 Å². The Bertz CT molecular complexity index is 1220. The van der Waals surface area contributed by atoms with E-state index in [-0.39, 0.29) is 17.1 Å². The number of aromatic amines is 1. The smallest absolute Gasteiger partial charge is 0.210 e. The first kappa shape index (κ1) is 18.6. The molecule has 0 spiro atoms. The lowest BCUT2D eigenvalue weighted by molar-refractivity contribution is 0.420. The fraction of sp³-hybridized carbons (Fsp3) is 0.100. The average molecular weight is 403 g/mol. The van der Waals surface area contributed by atoms with Crippen LogP contribution in [0, 0.1) is 18.3 Å². The van der Waals surface area contributed by atoms with Gasteiger partial charge in [-0.2, -0.15) is 5.26 Å². The van der Waals surface area contributed by atoms with Gasteiger partial charge in [0.15, 0.2) is 11.6 Å². The maximum atomic E-state index is 10.5. The molecule has 0 bridgehead atoms. The van der Waals surface area contributed by atoms with E-state index in [1.165, 1.54) is 16.4 Å². The molecule has 4 rings (SSSR count). The summed E-state index contributed by atoms with van der Waals surface area (Å²) in [5, 5.41) is 28.6. The van der Waals surface area contributed by atoms with Crippen molar-refractivity contribution in [3.05, 3.63) is 65.7 Å². The topological polar surface area (TPSA) is 129 Å². The molecule has 0 fully saturated rings. The number of aromatic nitrogens is 5. The van der Waals surface area contributed by atoms with Crippen molar-refractivity contribution in [2.45, 2.75) is 12.1 Å². The van der Waals surface area contributed by atoms with Crippen LogP contribution in [0.2, 0.25) is 0 Å². The monoisotopic (exact) mass is 403 g/mol. The van der Waals surface area contributed by atoms with Crippen LogP contribution in [0.4, 0.5) is 0 Å². The number of aliphatic hydroxyl groups is 1. The SMILES string of the molecule is Cc1ccc(-c2nnc(SC/C(O)=C(\C#N)c3nc4ccccc4[nH]3)n2N)cc1. The number of rotatable bonds is 5. The molecule has 0 amide bonds. The Balaban J connectivity index is 1.56. The third-order valence-electron chi connectivity index (χ3n) is 4.34. The lowest BCUT2D eigenvalue weighted by Gasteiger charge is -2.05. The maximum absolute atomic E-state index is 10.5. The fourth-order valence-electron chi connectivity index (χ4n) is 2.81. The summed E-state index contributed by atoms with van der Waals surface area (Å²) in [6.07, 6.45) is 0. The number of hydrogen-bond acceptors (Lipinski definition) is 7. The summed E-state index contributed by atoms with van der Waals surface area (Å²) in [5.41, 5.74) is 3.57. The van der Waals surface area contributed by atoms with Gasteiger partial charge in [-0.3, -0.25) is 0 Å². The van der Waals surface area contributed by atoms with Crippen molar-refractivity contribution < 1.29 is 5.11 Å². The highest BCUT2D eigenvalue weighted by atomic mass is 32.2. The zero-order valence-electron chi connectivity index (χ0n) is 15.5. The van der Waals surface area contributed by atoms with E-state index in [4.69, 9.17) is 5.84 Å². The largest absolute Gasteiger partial charge is 0.510 e. The minimum atomic E-state index is -0.114. The Labute approximate surface area is 170 Å². The van der Waals surface area contributed by atoms with Gasteiger partial charge in [0.1, 0.15) is 17.4 Å². The van der Waals surface area contributed by atoms with Crippen molar-refractivity contribution in [1.82, 2.24) is 24.8 Å². The van der Waals surface area contributed by atoms with E-state index in [0.29, 0.717) is 16.8 Å². The van der Waals surface area contributed by atoms with Crippen molar-refractivity contribution in [3.8, 4) is 17.5 Å². The first-order valence-corrected chi connectivity index (χ1v) is 9.73. The molecule has 0 unspecified atom stereocenters. The molecule has 9 heteroatoms. The number of allylic oxidation sites excluding steroid dienone is 1. The van der Waals surface area contributed by atoms with Gasteiger partial charge in [0.2, 0.25) is 5.16 Å². The van der Waals surface area contributed by atoms with Gasteiger partial charge in [-0.1, -0.05) is 53.7 Å². The Kier molecular flexibility index (Phi) is 4.93. The van der Waals surface area contributed by atoms with E-state index in [9.17, 15) is 10.4 Å². The Hall–Kier alpha value is -3.77. The summed E-state index contributed by atoms with van der Waals surface area (Å²) >= 11 is 1.18. The van der Waals surface area contributed by atoms with Crippen molar-refractivity contribution in [3.63, 3.8) is 0 Å². The van der Waals surface area contributed by atoms with Gasteiger partial charge in [-0.25, -0.2) is 9.66 Å². The fourth-order valence-corrected chi connectivity index (χ4v) is 3.54. The van der Waals surface area contributed by atoms with Crippen LogP contribution in [-0.2, 0) is 0 Å². The quantitative estimate of drug-likeness (QED) is 0.201. The molecule has 29 heavy (non-hydrogen) atoms. The first-order valence-electron chi connectivity index (χ1n) is 8.74. The van der Waals surface area contributed by atoms with Crippen LogP contribution in [0.1, 0.15) is 11.4 Å². The number of nitrogens with zero attached hydrogens (tertiary/aromatic N) is 5. The van der Waals surface area contributed by atoms with Gasteiger partial charge in [0.25, 0.3) is 0 Å². The molecule has 0 aliphatic rings. The lowest BCUT2D eigenvalue weighted by atomic mass is 10.1. The van der Waals surface area contributed by atoms with E-state index in [1.807, 2.05) is 61.5 Å². The zero-order chi connectivity index (χ0) is 20.4. The number of aryl methyl sites for hydroxylation is 1. The van der Waals surface area contributed by atoms with Crippen molar-refractivity contribution >= 4 is 28.4 Å². The van der Waals surface area contributed by atoms with Crippen molar-refractivity contribution in [2.75, 3.05) is 11.6 Å². The number of thioether (sulfide) groups is 1. The standard InChI is InChI=1S/C20H17N7OS/c1-12-6-8-13(9-7-12)19-25-26-20(27(19)22)29-11-17(28)14(10-21)18-23-15-4-2-3-5-16(15)24-18/h2-9,28H,11,22H2,1H3,(H,23,24)/b17-14-. The summed E-state index contributed by atoms with van der Waals surface area (Å²) in [6, 6.07) is 17.2. The number of nitriles is 1. The minimum absolute atomic E-state index is 0.0792. The third kappa shape index (κ3) is 3.66. The molecule has 0 aliphatic heterocycles. The van der Waals surface area contributed by atoms with Crippen molar-refractivity contribution in [1.29, 1.82) is 5.26 Å². The molecular weight excluding hydrogens is 386 g/mol. The van der Waals surface area contributed by atoms with Crippen molar-refractivity contribution in [2.24, 2.45) is 0 Å². The molecule has 0 atom stereocenters. The van der Waals surface area contributed by atoms with Crippen LogP contribution in [0.3, 0.4) is 0 Å². The minimum Gasteiger partial charge on any atom is -0.510 e. The van der Waals surface area contributed by atoms with E-state index in [0.717, 1.165) is 22.2 Å². The Morgan fingerprint density at radius 3 is 2.69 bits per heavy atom. The molecule has 4 aromatic rings. The summed E-state index contributed by atoms with van der Waals surface area (Å²) in [6.45, 7) is 2.00. The zero-order valence-corrected chi connectivity index (χ0v) is 16.3. The maximum Gasteiger partial charge on any atom is 0.210 e. The number of nitrogens with one attached hydrogen (secondary N) is 1. The number of imidazole rings is 1. The van der Waals surface area contributed by atoms with Gasteiger partial charge < -0.3 is 15.9 Å². The molecule has 2 aromatic carbocycles. The molecule has 4 N–H and O–H groups in total. The highest BCUT2D eigenvalue weighted by Gasteiger charge is 2.16. The second-order valence-corrected chi connectivity index (χ2v) is 7.31. The van der Waals surface area contributed by atoms with Crippen LogP contribution in [0.15, 0.2) is 59.4 Å². The Morgan fingerprint density at radius 1 is 1.21 bits per heavy atom. The molecule has 144 valence electrons. The van der Waals surface area contributed by atoms with E-state index < -0.39 is 0 Å². The normalized spacial score (nSPS) is 12.0. The molecule has 2 heterocycles. The number of nitrogen functional groups attached to an aromatic ring is 1. The number of para-hydroxylation sites is 2. The summed E-state index contributed by atoms with van der Waals surface area (Å²) in [4.78, 5) is 7.41. The number of benzene rings is 2. The van der Waals surface area contributed by atoms with Crippen LogP contribution in [0.25, 0.3) is 28.0 Å². The first-order chi connectivity index (χ1) is 14.1. The average Bonchev–Trinajstić information content (AvgIpc) is 3.31. The molecule has 0 saturated heterocycles. The van der Waals surface area contributed by atoms with Gasteiger partial charge in [-0.05, 0) is 19.1 Å². The predicted octanol–water partition coefficient (Wildman–Crippen LogP) is 3.43. The lowest BCUT2D eigenvalue weighted by Crippen LogP contribution is -2.12. The number of nitrogens with two attached hydrogens (primary N) is 1. The summed E-state index contributed by atoms with van der Waals surface area (Å²) in [7, 11) is 0. The Morgan fingerprint density at radius 2 is 1.97 bits per heavy atom. The second-order valence-electron chi connectivity index (χ2n) is 6.37. The highest BCUT2D eigenvalue weighted by molar-refractivity contribution is 7.99. The van der Waals surface area contributed by atoms with Gasteiger partial charge in [-0.15, -0.1) is 10.2 Å². The molecule has 8 nitrogen and oxygen atoms in total. The molecule has 0 radical (unpaired) electrons. The number of H-pyrrole nitrogens is 1. The van der Waals surface area contributed by atoms with Crippen LogP contribution in [-0.4, -0.2) is 35.7 Å². The van der Waals surface area contributed by atoms with Gasteiger partial charge in [0, 0.05) is 5.56 Å². The van der Waals surface area contributed by atoms with E-state index >= 15 is 0 Å². The van der Waals surface area contributed by atoms with Gasteiger partial charge >= 0.3 is 0 Å². The van der Waals surface area contributed by atoms with Crippen LogP contribution >= 0.6 is 11.8 Å². The summed E-state index contributed by atoms with van der Waals surface area (Å²) < 4.78 is 1.37. The summed E-state index contributed by atoms with van der Waals surface area (Å²) in [5.74, 6) is 6.95. The van der Waals surface area contributed by atoms with Gasteiger partial charge in [0.05, 0.1) is 16.8 Å². The van der Waals surface area contributed by atoms with E-state index in [1.54, 1.807) is 0 Å². The van der Waals surface area contributed by atoms with Crippen LogP contribution < -0.4 is 5.84 Å².